The quantitative estimate of drug-likeness (QED) is 0.437. The molecule has 0 aromatic heterocycles. The molecule has 2 aromatic carbocycles. The van der Waals surface area contributed by atoms with Crippen LogP contribution in [0.4, 0.5) is 10.1 Å². The number of rotatable bonds is 7. The van der Waals surface area contributed by atoms with Gasteiger partial charge in [-0.3, -0.25) is 14.9 Å². The van der Waals surface area contributed by atoms with Crippen molar-refractivity contribution in [2.75, 3.05) is 6.61 Å². The zero-order valence-corrected chi connectivity index (χ0v) is 13.0. The topological polar surface area (TPSA) is 78.7 Å². The van der Waals surface area contributed by atoms with Gasteiger partial charge in [-0.2, -0.15) is 0 Å². The summed E-state index contributed by atoms with van der Waals surface area (Å²) in [5.41, 5.74) is 0.156. The van der Waals surface area contributed by atoms with Crippen molar-refractivity contribution in [1.29, 1.82) is 0 Å². The summed E-state index contributed by atoms with van der Waals surface area (Å²) in [5.74, 6) is -1.34. The third kappa shape index (κ3) is 4.52. The van der Waals surface area contributed by atoms with Gasteiger partial charge in [-0.1, -0.05) is 30.3 Å². The molecule has 0 heterocycles. The van der Waals surface area contributed by atoms with E-state index in [1.165, 1.54) is 6.07 Å². The SMILES string of the molecule is CCOC(=O)CC(Oc1ccc(F)cc1[N+](=O)[O-])c1ccccc1. The van der Waals surface area contributed by atoms with E-state index in [-0.39, 0.29) is 18.8 Å². The highest BCUT2D eigenvalue weighted by atomic mass is 19.1. The molecule has 7 heteroatoms. The van der Waals surface area contributed by atoms with E-state index in [1.54, 1.807) is 37.3 Å². The van der Waals surface area contributed by atoms with Gasteiger partial charge in [0.2, 0.25) is 0 Å². The van der Waals surface area contributed by atoms with Gasteiger partial charge in [0.25, 0.3) is 0 Å². The molecular formula is C17H16FNO5. The van der Waals surface area contributed by atoms with Crippen molar-refractivity contribution in [2.24, 2.45) is 0 Å². The lowest BCUT2D eigenvalue weighted by atomic mass is 10.1. The number of ether oxygens (including phenoxy) is 2. The first-order chi connectivity index (χ1) is 11.5. The van der Waals surface area contributed by atoms with Crippen LogP contribution in [0.3, 0.4) is 0 Å². The molecule has 2 aromatic rings. The Balaban J connectivity index is 2.32. The van der Waals surface area contributed by atoms with Crippen molar-refractivity contribution >= 4 is 11.7 Å². The Morgan fingerprint density at radius 2 is 1.96 bits per heavy atom. The summed E-state index contributed by atoms with van der Waals surface area (Å²) < 4.78 is 23.8. The smallest absolute Gasteiger partial charge is 0.313 e. The van der Waals surface area contributed by atoms with Crippen LogP contribution in [0.2, 0.25) is 0 Å². The summed E-state index contributed by atoms with van der Waals surface area (Å²) in [6.07, 6.45) is -0.902. The number of halogens is 1. The minimum atomic E-state index is -0.783. The van der Waals surface area contributed by atoms with E-state index in [4.69, 9.17) is 9.47 Å². The second-order valence-corrected chi connectivity index (χ2v) is 4.90. The van der Waals surface area contributed by atoms with Crippen molar-refractivity contribution < 1.29 is 23.6 Å². The number of nitrogens with zero attached hydrogens (tertiary/aromatic N) is 1. The van der Waals surface area contributed by atoms with E-state index in [0.29, 0.717) is 5.56 Å². The zero-order chi connectivity index (χ0) is 17.5. The van der Waals surface area contributed by atoms with E-state index in [0.717, 1.165) is 12.1 Å². The van der Waals surface area contributed by atoms with E-state index in [9.17, 15) is 19.3 Å². The molecule has 2 rings (SSSR count). The molecule has 0 aliphatic carbocycles. The van der Waals surface area contributed by atoms with Gasteiger partial charge >= 0.3 is 11.7 Å². The Hall–Kier alpha value is -2.96. The first-order valence-corrected chi connectivity index (χ1v) is 7.32. The number of hydrogen-bond acceptors (Lipinski definition) is 5. The van der Waals surface area contributed by atoms with Crippen LogP contribution < -0.4 is 4.74 Å². The molecule has 6 nitrogen and oxygen atoms in total. The lowest BCUT2D eigenvalue weighted by Crippen LogP contribution is -2.16. The first-order valence-electron chi connectivity index (χ1n) is 7.32. The van der Waals surface area contributed by atoms with Crippen molar-refractivity contribution in [3.63, 3.8) is 0 Å². The van der Waals surface area contributed by atoms with Crippen LogP contribution in [0.25, 0.3) is 0 Å². The standard InChI is InChI=1S/C17H16FNO5/c1-2-23-17(20)11-16(12-6-4-3-5-7-12)24-15-9-8-13(18)10-14(15)19(21)22/h3-10,16H,2,11H2,1H3. The first kappa shape index (κ1) is 17.4. The van der Waals surface area contributed by atoms with Crippen molar-refractivity contribution in [3.05, 3.63) is 70.0 Å². The molecule has 126 valence electrons. The number of nitro benzene ring substituents is 1. The number of carbonyl (C=O) groups is 1. The fourth-order valence-electron chi connectivity index (χ4n) is 2.15. The Morgan fingerprint density at radius 3 is 2.58 bits per heavy atom. The van der Waals surface area contributed by atoms with E-state index < -0.39 is 28.5 Å². The summed E-state index contributed by atoms with van der Waals surface area (Å²) in [7, 11) is 0. The lowest BCUT2D eigenvalue weighted by molar-refractivity contribution is -0.386. The zero-order valence-electron chi connectivity index (χ0n) is 13.0. The summed E-state index contributed by atoms with van der Waals surface area (Å²) >= 11 is 0. The van der Waals surface area contributed by atoms with Gasteiger partial charge in [0, 0.05) is 0 Å². The van der Waals surface area contributed by atoms with Gasteiger partial charge in [0.05, 0.1) is 24.0 Å². The summed E-state index contributed by atoms with van der Waals surface area (Å²) in [6, 6.07) is 11.8. The van der Waals surface area contributed by atoms with Gasteiger partial charge in [0.1, 0.15) is 11.9 Å². The second-order valence-electron chi connectivity index (χ2n) is 4.90. The molecule has 0 aliphatic heterocycles. The van der Waals surface area contributed by atoms with Gasteiger partial charge in [-0.15, -0.1) is 0 Å². The average molecular weight is 333 g/mol. The third-order valence-corrected chi connectivity index (χ3v) is 3.22. The van der Waals surface area contributed by atoms with E-state index >= 15 is 0 Å². The molecule has 0 amide bonds. The molecule has 0 spiro atoms. The van der Waals surface area contributed by atoms with Crippen molar-refractivity contribution in [2.45, 2.75) is 19.4 Å². The largest absolute Gasteiger partial charge is 0.478 e. The lowest BCUT2D eigenvalue weighted by Gasteiger charge is -2.19. The fourth-order valence-corrected chi connectivity index (χ4v) is 2.15. The van der Waals surface area contributed by atoms with Crippen LogP contribution in [-0.2, 0) is 9.53 Å². The van der Waals surface area contributed by atoms with E-state index in [2.05, 4.69) is 0 Å². The number of benzene rings is 2. The molecule has 0 saturated heterocycles. The molecule has 0 radical (unpaired) electrons. The van der Waals surface area contributed by atoms with E-state index in [1.807, 2.05) is 0 Å². The van der Waals surface area contributed by atoms with Gasteiger partial charge < -0.3 is 9.47 Å². The number of nitro groups is 1. The van der Waals surface area contributed by atoms with Crippen molar-refractivity contribution in [1.82, 2.24) is 0 Å². The predicted octanol–water partition coefficient (Wildman–Crippen LogP) is 3.81. The van der Waals surface area contributed by atoms with Gasteiger partial charge in [-0.05, 0) is 24.6 Å². The summed E-state index contributed by atoms with van der Waals surface area (Å²) in [4.78, 5) is 22.1. The Labute approximate surface area is 138 Å². The van der Waals surface area contributed by atoms with Crippen molar-refractivity contribution in [3.8, 4) is 5.75 Å². The highest BCUT2D eigenvalue weighted by molar-refractivity contribution is 5.70. The second kappa shape index (κ2) is 8.05. The predicted molar refractivity (Wildman–Crippen MR) is 84.1 cm³/mol. The molecule has 0 saturated carbocycles. The Morgan fingerprint density at radius 1 is 1.25 bits per heavy atom. The number of carbonyl (C=O) groups excluding carboxylic acids is 1. The van der Waals surface area contributed by atoms with Gasteiger partial charge in [0.15, 0.2) is 5.75 Å². The molecule has 1 atom stereocenters. The van der Waals surface area contributed by atoms with Crippen LogP contribution in [0, 0.1) is 15.9 Å². The maximum atomic E-state index is 13.2. The minimum Gasteiger partial charge on any atom is -0.478 e. The molecule has 1 unspecified atom stereocenters. The van der Waals surface area contributed by atoms with Crippen LogP contribution in [0.5, 0.6) is 5.75 Å². The van der Waals surface area contributed by atoms with Crippen LogP contribution in [0.15, 0.2) is 48.5 Å². The molecule has 0 N–H and O–H groups in total. The summed E-state index contributed by atoms with van der Waals surface area (Å²) in [6.45, 7) is 1.90. The molecule has 24 heavy (non-hydrogen) atoms. The fraction of sp³-hybridized carbons (Fsp3) is 0.235. The molecular weight excluding hydrogens is 317 g/mol. The maximum Gasteiger partial charge on any atom is 0.313 e. The minimum absolute atomic E-state index is 0.112. The third-order valence-electron chi connectivity index (χ3n) is 3.22. The monoisotopic (exact) mass is 333 g/mol. The van der Waals surface area contributed by atoms with Crippen LogP contribution in [-0.4, -0.2) is 17.5 Å². The number of hydrogen-bond donors (Lipinski definition) is 0. The highest BCUT2D eigenvalue weighted by Gasteiger charge is 2.24. The van der Waals surface area contributed by atoms with Gasteiger partial charge in [-0.25, -0.2) is 4.39 Å². The normalized spacial score (nSPS) is 11.6. The molecule has 0 fully saturated rings. The van der Waals surface area contributed by atoms with Crippen LogP contribution in [0.1, 0.15) is 25.0 Å². The Bertz CT molecular complexity index is 720. The maximum absolute atomic E-state index is 13.2. The summed E-state index contributed by atoms with van der Waals surface area (Å²) in [5, 5.41) is 11.1. The number of esters is 1. The Kier molecular flexibility index (Phi) is 5.83. The molecule has 0 aliphatic rings. The molecule has 0 bridgehead atoms. The van der Waals surface area contributed by atoms with Crippen LogP contribution >= 0.6 is 0 Å². The average Bonchev–Trinajstić information content (AvgIpc) is 2.56. The highest BCUT2D eigenvalue weighted by Crippen LogP contribution is 2.33.